The Bertz CT molecular complexity index is 1040. The number of fused-ring (bicyclic) bond motifs is 1. The molecule has 1 aromatic carbocycles. The number of aryl methyl sites for hydroxylation is 2. The maximum Gasteiger partial charge on any atom is 0.194 e. The average Bonchev–Trinajstić information content (AvgIpc) is 3.18. The smallest absolute Gasteiger partial charge is 0.194 e. The molecule has 1 unspecified atom stereocenters. The van der Waals surface area contributed by atoms with E-state index >= 15 is 0 Å². The van der Waals surface area contributed by atoms with E-state index in [1.54, 1.807) is 23.0 Å². The lowest BCUT2D eigenvalue weighted by atomic mass is 10.1. The quantitative estimate of drug-likeness (QED) is 0.491. The van der Waals surface area contributed by atoms with Gasteiger partial charge in [0.15, 0.2) is 10.8 Å². The number of thiazole rings is 1. The van der Waals surface area contributed by atoms with Gasteiger partial charge in [-0.05, 0) is 43.2 Å². The number of phenols is 1. The number of hydrogen-bond acceptors (Lipinski definition) is 7. The lowest BCUT2D eigenvalue weighted by Gasteiger charge is -2.10. The zero-order chi connectivity index (χ0) is 19.0. The highest BCUT2D eigenvalue weighted by molar-refractivity contribution is 7.22. The normalized spacial score (nSPS) is 12.4. The lowest BCUT2D eigenvalue weighted by Crippen LogP contribution is -2.13. The van der Waals surface area contributed by atoms with Crippen LogP contribution in [-0.4, -0.2) is 36.5 Å². The molecule has 0 aliphatic rings. The molecule has 0 saturated heterocycles. The van der Waals surface area contributed by atoms with Gasteiger partial charge in [-0.1, -0.05) is 23.5 Å². The maximum absolute atomic E-state index is 10.3. The number of phenolic OH excluding ortho intramolecular Hbond substituents is 1. The number of aliphatic hydroxyl groups is 1. The molecule has 0 bridgehead atoms. The van der Waals surface area contributed by atoms with Crippen LogP contribution in [0.3, 0.4) is 0 Å². The Morgan fingerprint density at radius 2 is 2.11 bits per heavy atom. The molecule has 0 saturated carbocycles. The van der Waals surface area contributed by atoms with Crippen LogP contribution in [0.1, 0.15) is 22.9 Å². The van der Waals surface area contributed by atoms with Crippen molar-refractivity contribution < 1.29 is 10.2 Å². The van der Waals surface area contributed by atoms with Crippen molar-refractivity contribution in [1.82, 2.24) is 19.7 Å². The van der Waals surface area contributed by atoms with E-state index in [9.17, 15) is 10.2 Å². The SMILES string of the molecule is Cc1cc(C)c(-n2cc3sc(NCC(O)c4ccccn4)nc3n2)c(O)c1. The predicted molar refractivity (Wildman–Crippen MR) is 106 cm³/mol. The Morgan fingerprint density at radius 3 is 2.81 bits per heavy atom. The average molecular weight is 381 g/mol. The fraction of sp³-hybridized carbons (Fsp3) is 0.211. The summed E-state index contributed by atoms with van der Waals surface area (Å²) in [5, 5.41) is 28.7. The Hall–Kier alpha value is -2.97. The highest BCUT2D eigenvalue weighted by Gasteiger charge is 2.15. The van der Waals surface area contributed by atoms with Crippen LogP contribution in [0.25, 0.3) is 16.0 Å². The molecule has 1 atom stereocenters. The highest BCUT2D eigenvalue weighted by Crippen LogP contribution is 2.31. The number of nitrogens with zero attached hydrogens (tertiary/aromatic N) is 4. The second-order valence-corrected chi connectivity index (χ2v) is 7.41. The maximum atomic E-state index is 10.3. The molecular formula is C19H19N5O2S. The van der Waals surface area contributed by atoms with Gasteiger partial charge in [-0.15, -0.1) is 5.10 Å². The van der Waals surface area contributed by atoms with Crippen molar-refractivity contribution in [3.8, 4) is 11.4 Å². The topological polar surface area (TPSA) is 96.1 Å². The van der Waals surface area contributed by atoms with Gasteiger partial charge in [0.25, 0.3) is 0 Å². The van der Waals surface area contributed by atoms with Crippen LogP contribution < -0.4 is 5.32 Å². The number of rotatable bonds is 5. The Morgan fingerprint density at radius 1 is 1.26 bits per heavy atom. The summed E-state index contributed by atoms with van der Waals surface area (Å²) < 4.78 is 2.55. The summed E-state index contributed by atoms with van der Waals surface area (Å²) >= 11 is 1.45. The molecule has 0 aliphatic carbocycles. The monoisotopic (exact) mass is 381 g/mol. The molecule has 3 heterocycles. The van der Waals surface area contributed by atoms with Crippen LogP contribution in [0.2, 0.25) is 0 Å². The van der Waals surface area contributed by atoms with Crippen molar-refractivity contribution >= 4 is 26.8 Å². The second-order valence-electron chi connectivity index (χ2n) is 6.38. The first-order valence-corrected chi connectivity index (χ1v) is 9.32. The van der Waals surface area contributed by atoms with Gasteiger partial charge >= 0.3 is 0 Å². The third-order valence-corrected chi connectivity index (χ3v) is 5.14. The summed E-state index contributed by atoms with van der Waals surface area (Å²) in [7, 11) is 0. The van der Waals surface area contributed by atoms with Crippen molar-refractivity contribution in [2.24, 2.45) is 0 Å². The number of pyridine rings is 1. The minimum absolute atomic E-state index is 0.194. The Labute approximate surface area is 160 Å². The number of aromatic nitrogens is 4. The molecule has 138 valence electrons. The molecule has 4 rings (SSSR count). The zero-order valence-electron chi connectivity index (χ0n) is 14.9. The predicted octanol–water partition coefficient (Wildman–Crippen LogP) is 3.34. The standard InChI is InChI=1S/C19H19N5O2S/c1-11-7-12(2)17(14(25)8-11)24-10-16-18(23-24)22-19(27-16)21-9-15(26)13-5-3-4-6-20-13/h3-8,10,15,25-26H,9H2,1-2H3,(H,21,22,23). The van der Waals surface area contributed by atoms with Gasteiger partial charge in [0.05, 0.1) is 16.6 Å². The fourth-order valence-electron chi connectivity index (χ4n) is 3.01. The number of aromatic hydroxyl groups is 1. The molecule has 3 N–H and O–H groups in total. The third kappa shape index (κ3) is 3.49. The highest BCUT2D eigenvalue weighted by atomic mass is 32.1. The molecule has 0 fully saturated rings. The molecule has 4 aromatic rings. The Kier molecular flexibility index (Phi) is 4.51. The summed E-state index contributed by atoms with van der Waals surface area (Å²) in [5.74, 6) is 0.194. The van der Waals surface area contributed by atoms with E-state index in [4.69, 9.17) is 0 Å². The number of anilines is 1. The van der Waals surface area contributed by atoms with E-state index in [2.05, 4.69) is 20.4 Å². The zero-order valence-corrected chi connectivity index (χ0v) is 15.7. The largest absolute Gasteiger partial charge is 0.506 e. The molecule has 0 aliphatic heterocycles. The second kappa shape index (κ2) is 6.98. The number of aliphatic hydroxyl groups excluding tert-OH is 1. The van der Waals surface area contributed by atoms with Crippen molar-refractivity contribution in [1.29, 1.82) is 0 Å². The van der Waals surface area contributed by atoms with E-state index in [1.807, 2.05) is 38.2 Å². The van der Waals surface area contributed by atoms with Crippen LogP contribution in [0.15, 0.2) is 42.7 Å². The number of benzene rings is 1. The van der Waals surface area contributed by atoms with Gasteiger partial charge in [-0.3, -0.25) is 4.98 Å². The molecule has 3 aromatic heterocycles. The number of nitrogens with one attached hydrogen (secondary N) is 1. The van der Waals surface area contributed by atoms with E-state index in [0.29, 0.717) is 28.7 Å². The molecule has 0 amide bonds. The van der Waals surface area contributed by atoms with Crippen molar-refractivity contribution in [3.63, 3.8) is 0 Å². The van der Waals surface area contributed by atoms with Gasteiger partial charge in [0.1, 0.15) is 17.5 Å². The first-order chi connectivity index (χ1) is 13.0. The summed E-state index contributed by atoms with van der Waals surface area (Å²) in [6.07, 6.45) is 2.79. The summed E-state index contributed by atoms with van der Waals surface area (Å²) in [4.78, 5) is 8.61. The molecule has 8 heteroatoms. The number of hydrogen-bond donors (Lipinski definition) is 3. The van der Waals surface area contributed by atoms with Crippen LogP contribution in [0.5, 0.6) is 5.75 Å². The molecule has 0 spiro atoms. The van der Waals surface area contributed by atoms with Gasteiger partial charge in [-0.2, -0.15) is 4.98 Å². The lowest BCUT2D eigenvalue weighted by molar-refractivity contribution is 0.187. The van der Waals surface area contributed by atoms with Crippen molar-refractivity contribution in [3.05, 3.63) is 59.5 Å². The summed E-state index contributed by atoms with van der Waals surface area (Å²) in [5.41, 5.74) is 3.81. The fourth-order valence-corrected chi connectivity index (χ4v) is 3.84. The molecule has 0 radical (unpaired) electrons. The third-order valence-electron chi connectivity index (χ3n) is 4.21. The first kappa shape index (κ1) is 17.4. The summed E-state index contributed by atoms with van der Waals surface area (Å²) in [6, 6.07) is 9.16. The van der Waals surface area contributed by atoms with Crippen molar-refractivity contribution in [2.45, 2.75) is 20.0 Å². The van der Waals surface area contributed by atoms with Gasteiger partial charge in [-0.25, -0.2) is 4.68 Å². The van der Waals surface area contributed by atoms with Crippen molar-refractivity contribution in [2.75, 3.05) is 11.9 Å². The van der Waals surface area contributed by atoms with E-state index < -0.39 is 6.10 Å². The minimum atomic E-state index is -0.713. The van der Waals surface area contributed by atoms with E-state index in [1.165, 1.54) is 11.3 Å². The summed E-state index contributed by atoms with van der Waals surface area (Å²) in [6.45, 7) is 4.19. The first-order valence-electron chi connectivity index (χ1n) is 8.51. The van der Waals surface area contributed by atoms with Crippen LogP contribution in [0.4, 0.5) is 5.13 Å². The minimum Gasteiger partial charge on any atom is -0.506 e. The van der Waals surface area contributed by atoms with E-state index in [-0.39, 0.29) is 5.75 Å². The van der Waals surface area contributed by atoms with E-state index in [0.717, 1.165) is 15.8 Å². The van der Waals surface area contributed by atoms with Gasteiger partial charge in [0.2, 0.25) is 0 Å². The molecular weight excluding hydrogens is 362 g/mol. The van der Waals surface area contributed by atoms with Gasteiger partial charge < -0.3 is 15.5 Å². The Balaban J connectivity index is 1.53. The molecule has 27 heavy (non-hydrogen) atoms. The van der Waals surface area contributed by atoms with Crippen LogP contribution in [-0.2, 0) is 0 Å². The van der Waals surface area contributed by atoms with Crippen LogP contribution in [0, 0.1) is 13.8 Å². The van der Waals surface area contributed by atoms with Gasteiger partial charge in [0, 0.05) is 12.7 Å². The molecule has 7 nitrogen and oxygen atoms in total. The van der Waals surface area contributed by atoms with Crippen LogP contribution >= 0.6 is 11.3 Å².